The molecule has 1 saturated carbocycles. The van der Waals surface area contributed by atoms with Crippen LogP contribution >= 0.6 is 0 Å². The Morgan fingerprint density at radius 3 is 1.93 bits per heavy atom. The lowest BCUT2D eigenvalue weighted by atomic mass is 9.66. The van der Waals surface area contributed by atoms with Crippen molar-refractivity contribution in [3.05, 3.63) is 0 Å². The maximum Gasteiger partial charge on any atom is 0.453 e. The minimum Gasteiger partial charge on any atom is -0.196 e. The van der Waals surface area contributed by atoms with Gasteiger partial charge in [0.05, 0.1) is 0 Å². The zero-order chi connectivity index (χ0) is 11.9. The Kier molecular flexibility index (Phi) is 3.05. The normalized spacial score (nSPS) is 27.8. The summed E-state index contributed by atoms with van der Waals surface area (Å²) in [7, 11) is 0. The predicted molar refractivity (Wildman–Crippen MR) is 46.7 cm³/mol. The molecule has 0 spiro atoms. The fourth-order valence-electron chi connectivity index (χ4n) is 2.36. The number of rotatable bonds is 1. The summed E-state index contributed by atoms with van der Waals surface area (Å²) < 4.78 is 63.0. The smallest absolute Gasteiger partial charge is 0.196 e. The van der Waals surface area contributed by atoms with Crippen LogP contribution in [0.4, 0.5) is 22.0 Å². The largest absolute Gasteiger partial charge is 0.453 e. The van der Waals surface area contributed by atoms with Crippen LogP contribution in [0.25, 0.3) is 0 Å². The van der Waals surface area contributed by atoms with Gasteiger partial charge in [0.15, 0.2) is 0 Å². The quantitative estimate of drug-likeness (QED) is 0.585. The van der Waals surface area contributed by atoms with Crippen LogP contribution in [0.1, 0.15) is 39.5 Å². The van der Waals surface area contributed by atoms with Crippen LogP contribution in [0.5, 0.6) is 0 Å². The standard InChI is InChI=1S/C10H15F5/c1-8(2)6-4-3-5-7(8)9(11,12)10(13,14)15/h7H,3-6H2,1-2H3. The van der Waals surface area contributed by atoms with Gasteiger partial charge in [0.2, 0.25) is 0 Å². The summed E-state index contributed by atoms with van der Waals surface area (Å²) in [5.74, 6) is -6.14. The van der Waals surface area contributed by atoms with Crippen LogP contribution < -0.4 is 0 Å². The van der Waals surface area contributed by atoms with E-state index in [0.29, 0.717) is 12.8 Å². The van der Waals surface area contributed by atoms with Gasteiger partial charge in [0.1, 0.15) is 0 Å². The molecule has 0 saturated heterocycles. The minimum atomic E-state index is -5.42. The number of hydrogen-bond donors (Lipinski definition) is 0. The summed E-state index contributed by atoms with van der Waals surface area (Å²) in [6.07, 6.45) is -3.84. The molecule has 0 aromatic heterocycles. The molecule has 1 aliphatic rings. The second-order valence-corrected chi connectivity index (χ2v) is 4.91. The molecule has 1 unspecified atom stereocenters. The number of alkyl halides is 5. The Bertz CT molecular complexity index is 228. The Labute approximate surface area is 85.8 Å². The van der Waals surface area contributed by atoms with Gasteiger partial charge < -0.3 is 0 Å². The maximum absolute atomic E-state index is 13.2. The van der Waals surface area contributed by atoms with Crippen molar-refractivity contribution in [3.8, 4) is 0 Å². The van der Waals surface area contributed by atoms with Crippen molar-refractivity contribution < 1.29 is 22.0 Å². The molecular weight excluding hydrogens is 215 g/mol. The van der Waals surface area contributed by atoms with E-state index in [9.17, 15) is 22.0 Å². The molecule has 1 rings (SSSR count). The lowest BCUT2D eigenvalue weighted by Crippen LogP contribution is -2.50. The summed E-state index contributed by atoms with van der Waals surface area (Å²) in [4.78, 5) is 0. The van der Waals surface area contributed by atoms with E-state index in [1.165, 1.54) is 13.8 Å². The Morgan fingerprint density at radius 2 is 1.53 bits per heavy atom. The van der Waals surface area contributed by atoms with E-state index in [1.807, 2.05) is 0 Å². The zero-order valence-corrected chi connectivity index (χ0v) is 8.80. The van der Waals surface area contributed by atoms with E-state index < -0.39 is 23.4 Å². The molecule has 15 heavy (non-hydrogen) atoms. The van der Waals surface area contributed by atoms with Crippen LogP contribution in [0.15, 0.2) is 0 Å². The fraction of sp³-hybridized carbons (Fsp3) is 1.00. The van der Waals surface area contributed by atoms with Crippen molar-refractivity contribution in [1.82, 2.24) is 0 Å². The fourth-order valence-corrected chi connectivity index (χ4v) is 2.36. The van der Waals surface area contributed by atoms with E-state index in [1.54, 1.807) is 0 Å². The average Bonchev–Trinajstić information content (AvgIpc) is 2.00. The van der Waals surface area contributed by atoms with Crippen molar-refractivity contribution >= 4 is 0 Å². The third kappa shape index (κ3) is 2.26. The Balaban J connectivity index is 2.94. The molecule has 90 valence electrons. The van der Waals surface area contributed by atoms with Crippen LogP contribution in [-0.2, 0) is 0 Å². The van der Waals surface area contributed by atoms with E-state index in [0.717, 1.165) is 6.42 Å². The van der Waals surface area contributed by atoms with Crippen molar-refractivity contribution in [2.45, 2.75) is 51.6 Å². The van der Waals surface area contributed by atoms with Gasteiger partial charge in [-0.15, -0.1) is 0 Å². The summed E-state index contributed by atoms with van der Waals surface area (Å²) in [6, 6.07) is 0. The molecule has 5 heteroatoms. The third-order valence-corrected chi connectivity index (χ3v) is 3.32. The van der Waals surface area contributed by atoms with E-state index in [-0.39, 0.29) is 6.42 Å². The monoisotopic (exact) mass is 230 g/mol. The van der Waals surface area contributed by atoms with E-state index in [2.05, 4.69) is 0 Å². The topological polar surface area (TPSA) is 0 Å². The zero-order valence-electron chi connectivity index (χ0n) is 8.80. The van der Waals surface area contributed by atoms with Gasteiger partial charge in [-0.1, -0.05) is 26.7 Å². The molecule has 0 amide bonds. The first-order valence-corrected chi connectivity index (χ1v) is 5.03. The van der Waals surface area contributed by atoms with Crippen LogP contribution in [0, 0.1) is 11.3 Å². The van der Waals surface area contributed by atoms with Gasteiger partial charge in [-0.2, -0.15) is 22.0 Å². The van der Waals surface area contributed by atoms with Gasteiger partial charge in [-0.3, -0.25) is 0 Å². The van der Waals surface area contributed by atoms with Crippen LogP contribution in [0.2, 0.25) is 0 Å². The van der Waals surface area contributed by atoms with E-state index >= 15 is 0 Å². The minimum absolute atomic E-state index is 0.0422. The molecule has 0 aromatic carbocycles. The molecule has 1 atom stereocenters. The molecule has 0 heterocycles. The van der Waals surface area contributed by atoms with Gasteiger partial charge in [-0.05, 0) is 18.3 Å². The van der Waals surface area contributed by atoms with Crippen LogP contribution in [0.3, 0.4) is 0 Å². The van der Waals surface area contributed by atoms with Gasteiger partial charge in [0, 0.05) is 5.92 Å². The summed E-state index contributed by atoms with van der Waals surface area (Å²) in [5.41, 5.74) is -0.933. The molecule has 0 aliphatic heterocycles. The van der Waals surface area contributed by atoms with Crippen molar-refractivity contribution in [2.75, 3.05) is 0 Å². The second kappa shape index (κ2) is 3.59. The van der Waals surface area contributed by atoms with Gasteiger partial charge >= 0.3 is 12.1 Å². The SMILES string of the molecule is CC1(C)CCCCC1C(F)(F)C(F)(F)F. The molecule has 1 fully saturated rings. The highest BCUT2D eigenvalue weighted by molar-refractivity contribution is 4.94. The van der Waals surface area contributed by atoms with Crippen molar-refractivity contribution in [1.29, 1.82) is 0 Å². The molecular formula is C10H15F5. The van der Waals surface area contributed by atoms with Crippen molar-refractivity contribution in [2.24, 2.45) is 11.3 Å². The molecule has 1 aliphatic carbocycles. The predicted octanol–water partition coefficient (Wildman–Crippen LogP) is 4.40. The van der Waals surface area contributed by atoms with Crippen LogP contribution in [-0.4, -0.2) is 12.1 Å². The summed E-state index contributed by atoms with van der Waals surface area (Å²) >= 11 is 0. The van der Waals surface area contributed by atoms with Gasteiger partial charge in [-0.25, -0.2) is 0 Å². The number of hydrogen-bond acceptors (Lipinski definition) is 0. The maximum atomic E-state index is 13.2. The Hall–Kier alpha value is -0.350. The second-order valence-electron chi connectivity index (χ2n) is 4.91. The lowest BCUT2D eigenvalue weighted by molar-refractivity contribution is -0.317. The highest BCUT2D eigenvalue weighted by Crippen LogP contribution is 2.53. The molecule has 0 radical (unpaired) electrons. The first-order valence-electron chi connectivity index (χ1n) is 5.03. The molecule has 0 nitrogen and oxygen atoms in total. The Morgan fingerprint density at radius 1 is 1.00 bits per heavy atom. The summed E-state index contributed by atoms with van der Waals surface area (Å²) in [6.45, 7) is 2.99. The molecule has 0 aromatic rings. The average molecular weight is 230 g/mol. The number of halogens is 5. The molecule has 0 bridgehead atoms. The van der Waals surface area contributed by atoms with E-state index in [4.69, 9.17) is 0 Å². The summed E-state index contributed by atoms with van der Waals surface area (Å²) in [5, 5.41) is 0. The first-order chi connectivity index (χ1) is 6.59. The first kappa shape index (κ1) is 12.7. The third-order valence-electron chi connectivity index (χ3n) is 3.32. The highest BCUT2D eigenvalue weighted by atomic mass is 19.4. The highest BCUT2D eigenvalue weighted by Gasteiger charge is 2.65. The molecule has 0 N–H and O–H groups in total. The van der Waals surface area contributed by atoms with Gasteiger partial charge in [0.25, 0.3) is 0 Å². The van der Waals surface area contributed by atoms with Crippen molar-refractivity contribution in [3.63, 3.8) is 0 Å². The lowest BCUT2D eigenvalue weighted by Gasteiger charge is -2.43.